The highest BCUT2D eigenvalue weighted by atomic mass is 31.2. The van der Waals surface area contributed by atoms with Gasteiger partial charge in [0.25, 0.3) is 0 Å². The number of carbonyl (C=O) groups excluding carboxylic acids is 2. The van der Waals surface area contributed by atoms with E-state index in [2.05, 4.69) is 5.09 Å². The molecule has 0 aromatic rings. The van der Waals surface area contributed by atoms with Gasteiger partial charge in [0, 0.05) is 7.05 Å². The van der Waals surface area contributed by atoms with E-state index >= 15 is 0 Å². The first-order valence-corrected chi connectivity index (χ1v) is 14.1. The zero-order chi connectivity index (χ0) is 27.1. The third-order valence-electron chi connectivity index (χ3n) is 5.76. The Morgan fingerprint density at radius 2 is 1.27 bits per heavy atom. The number of likely N-dealkylation sites (N-methyl/N-ethyl adjacent to an activating group) is 1. The summed E-state index contributed by atoms with van der Waals surface area (Å²) in [5.74, 6) is -1.75. The number of carbonyl (C=O) groups is 3. The van der Waals surface area contributed by atoms with Gasteiger partial charge in [-0.2, -0.15) is 0 Å². The second-order valence-corrected chi connectivity index (χ2v) is 10.6. The van der Waals surface area contributed by atoms with Gasteiger partial charge in [-0.25, -0.2) is 14.2 Å². The SMILES string of the molecule is CN(CC(=O)O)C(=N)NP(=O)(OCCOC(=O)OC1CCCCC1)OCCOC(=O)OC1CCCCC1. The van der Waals surface area contributed by atoms with Gasteiger partial charge < -0.3 is 29.0 Å². The van der Waals surface area contributed by atoms with Crippen molar-refractivity contribution in [1.82, 2.24) is 9.99 Å². The van der Waals surface area contributed by atoms with Gasteiger partial charge in [0.15, 0.2) is 5.96 Å². The Bertz CT molecular complexity index is 757. The maximum absolute atomic E-state index is 13.1. The number of rotatable bonds is 13. The van der Waals surface area contributed by atoms with Crippen molar-refractivity contribution in [3.8, 4) is 0 Å². The molecule has 0 aliphatic heterocycles. The molecule has 0 saturated heterocycles. The Hall–Kier alpha value is -2.57. The van der Waals surface area contributed by atoms with E-state index in [1.807, 2.05) is 0 Å². The van der Waals surface area contributed by atoms with Crippen LogP contribution in [0.3, 0.4) is 0 Å². The maximum atomic E-state index is 13.1. The normalized spacial score (nSPS) is 16.9. The zero-order valence-electron chi connectivity index (χ0n) is 21.2. The molecule has 0 heterocycles. The lowest BCUT2D eigenvalue weighted by Crippen LogP contribution is -2.40. The number of nitrogens with zero attached hydrogens (tertiary/aromatic N) is 1. The predicted molar refractivity (Wildman–Crippen MR) is 129 cm³/mol. The van der Waals surface area contributed by atoms with Crippen LogP contribution < -0.4 is 5.09 Å². The minimum atomic E-state index is -4.24. The summed E-state index contributed by atoms with van der Waals surface area (Å²) >= 11 is 0. The molecule has 0 amide bonds. The lowest BCUT2D eigenvalue weighted by Gasteiger charge is -2.24. The van der Waals surface area contributed by atoms with Crippen molar-refractivity contribution in [2.45, 2.75) is 76.4 Å². The quantitative estimate of drug-likeness (QED) is 0.0992. The minimum Gasteiger partial charge on any atom is -0.480 e. The number of guanidine groups is 1. The molecule has 0 aromatic heterocycles. The van der Waals surface area contributed by atoms with Gasteiger partial charge in [-0.15, -0.1) is 0 Å². The summed E-state index contributed by atoms with van der Waals surface area (Å²) in [4.78, 5) is 35.6. The molecule has 0 spiro atoms. The summed E-state index contributed by atoms with van der Waals surface area (Å²) in [6.45, 7) is -1.89. The standard InChI is InChI=1S/C22H38N3O11P/c1-25(16-19(26)27)20(23)24-37(30,33-14-12-31-21(28)35-17-8-4-2-5-9-17)34-15-13-32-22(29)36-18-10-6-3-7-11-18/h17-18H,2-16H2,1H3,(H,26,27)(H2,23,24,30). The number of hydrogen-bond donors (Lipinski definition) is 3. The van der Waals surface area contributed by atoms with Gasteiger partial charge in [0.2, 0.25) is 0 Å². The van der Waals surface area contributed by atoms with Gasteiger partial charge in [-0.1, -0.05) is 12.8 Å². The first-order valence-electron chi connectivity index (χ1n) is 12.5. The molecule has 2 aliphatic rings. The summed E-state index contributed by atoms with van der Waals surface area (Å²) in [7, 11) is -2.94. The van der Waals surface area contributed by atoms with E-state index in [-0.39, 0.29) is 38.6 Å². The lowest BCUT2D eigenvalue weighted by atomic mass is 9.98. The Labute approximate surface area is 216 Å². The van der Waals surface area contributed by atoms with E-state index in [1.165, 1.54) is 7.05 Å². The van der Waals surface area contributed by atoms with Crippen LogP contribution in [0.1, 0.15) is 64.2 Å². The van der Waals surface area contributed by atoms with E-state index in [4.69, 9.17) is 38.5 Å². The minimum absolute atomic E-state index is 0.187. The van der Waals surface area contributed by atoms with E-state index in [1.54, 1.807) is 0 Å². The number of ether oxygens (including phenoxy) is 4. The molecular formula is C22H38N3O11P. The van der Waals surface area contributed by atoms with E-state index in [0.717, 1.165) is 69.1 Å². The third kappa shape index (κ3) is 13.0. The molecule has 2 saturated carbocycles. The van der Waals surface area contributed by atoms with E-state index in [9.17, 15) is 18.9 Å². The van der Waals surface area contributed by atoms with Gasteiger partial charge >= 0.3 is 26.0 Å². The van der Waals surface area contributed by atoms with Gasteiger partial charge in [0.1, 0.15) is 32.0 Å². The molecule has 37 heavy (non-hydrogen) atoms. The van der Waals surface area contributed by atoms with E-state index in [0.29, 0.717) is 0 Å². The Kier molecular flexibility index (Phi) is 13.5. The van der Waals surface area contributed by atoms with E-state index < -0.39 is 38.5 Å². The first kappa shape index (κ1) is 30.7. The largest absolute Gasteiger partial charge is 0.508 e. The van der Waals surface area contributed by atoms with Crippen molar-refractivity contribution >= 4 is 32.0 Å². The van der Waals surface area contributed by atoms with Crippen LogP contribution >= 0.6 is 7.75 Å². The molecule has 0 unspecified atom stereocenters. The number of carboxylic acids is 1. The average molecular weight is 552 g/mol. The molecule has 0 atom stereocenters. The Morgan fingerprint density at radius 3 is 1.68 bits per heavy atom. The molecule has 0 bridgehead atoms. The maximum Gasteiger partial charge on any atom is 0.508 e. The molecule has 0 aromatic carbocycles. The van der Waals surface area contributed by atoms with Crippen LogP contribution in [0.15, 0.2) is 0 Å². The van der Waals surface area contributed by atoms with Crippen LogP contribution in [-0.2, 0) is 37.4 Å². The fourth-order valence-corrected chi connectivity index (χ4v) is 5.13. The summed E-state index contributed by atoms with van der Waals surface area (Å²) in [6, 6.07) is 0. The first-order chi connectivity index (χ1) is 17.7. The summed E-state index contributed by atoms with van der Waals surface area (Å²) in [5, 5.41) is 19.1. The van der Waals surface area contributed by atoms with Crippen molar-refractivity contribution in [3.63, 3.8) is 0 Å². The number of nitrogens with one attached hydrogen (secondary N) is 2. The molecule has 15 heteroatoms. The molecule has 14 nitrogen and oxygen atoms in total. The van der Waals surface area contributed by atoms with Crippen LogP contribution in [0.25, 0.3) is 0 Å². The van der Waals surface area contributed by atoms with Gasteiger partial charge in [0.05, 0.1) is 13.2 Å². The number of hydrogen-bond acceptors (Lipinski definition) is 11. The van der Waals surface area contributed by atoms with Gasteiger partial charge in [-0.05, 0) is 51.4 Å². The molecule has 2 aliphatic carbocycles. The summed E-state index contributed by atoms with van der Waals surface area (Å²) < 4.78 is 43.9. The smallest absolute Gasteiger partial charge is 0.480 e. The molecule has 2 fully saturated rings. The monoisotopic (exact) mass is 551 g/mol. The third-order valence-corrected chi connectivity index (χ3v) is 7.29. The van der Waals surface area contributed by atoms with Crippen molar-refractivity contribution in [2.24, 2.45) is 0 Å². The zero-order valence-corrected chi connectivity index (χ0v) is 22.1. The molecule has 212 valence electrons. The van der Waals surface area contributed by atoms with Gasteiger partial charge in [-0.3, -0.25) is 24.3 Å². The van der Waals surface area contributed by atoms with Crippen molar-refractivity contribution in [2.75, 3.05) is 40.0 Å². The molecule has 2 rings (SSSR count). The second-order valence-electron chi connectivity index (χ2n) is 8.83. The highest BCUT2D eigenvalue weighted by Gasteiger charge is 2.29. The fraction of sp³-hybridized carbons (Fsp3) is 0.818. The van der Waals surface area contributed by atoms with Crippen molar-refractivity contribution < 1.29 is 52.1 Å². The summed E-state index contributed by atoms with van der Waals surface area (Å²) in [5.41, 5.74) is 0. The fourth-order valence-electron chi connectivity index (χ4n) is 3.87. The van der Waals surface area contributed by atoms with Crippen LogP contribution in [-0.4, -0.2) is 86.5 Å². The second kappa shape index (κ2) is 16.3. The Morgan fingerprint density at radius 1 is 0.838 bits per heavy atom. The summed E-state index contributed by atoms with van der Waals surface area (Å²) in [6.07, 6.45) is 7.16. The van der Waals surface area contributed by atoms with Crippen LogP contribution in [0.4, 0.5) is 9.59 Å². The molecule has 0 radical (unpaired) electrons. The highest BCUT2D eigenvalue weighted by molar-refractivity contribution is 7.52. The van der Waals surface area contributed by atoms with Crippen LogP contribution in [0.2, 0.25) is 0 Å². The molecule has 3 N–H and O–H groups in total. The van der Waals surface area contributed by atoms with Crippen LogP contribution in [0, 0.1) is 5.41 Å². The average Bonchev–Trinajstić information content (AvgIpc) is 2.85. The highest BCUT2D eigenvalue weighted by Crippen LogP contribution is 2.43. The Balaban J connectivity index is 1.78. The van der Waals surface area contributed by atoms with Crippen LogP contribution in [0.5, 0.6) is 0 Å². The topological polar surface area (TPSA) is 183 Å². The lowest BCUT2D eigenvalue weighted by molar-refractivity contribution is -0.137. The molecular weight excluding hydrogens is 513 g/mol. The number of aliphatic carboxylic acids is 1. The predicted octanol–water partition coefficient (Wildman–Crippen LogP) is 3.64. The van der Waals surface area contributed by atoms with Crippen molar-refractivity contribution in [3.05, 3.63) is 0 Å². The number of carboxylic acid groups (broad SMARTS) is 1. The van der Waals surface area contributed by atoms with Crippen molar-refractivity contribution in [1.29, 1.82) is 5.41 Å².